The summed E-state index contributed by atoms with van der Waals surface area (Å²) in [7, 11) is 1.24. The Hall–Kier alpha value is -1.02. The fourth-order valence-electron chi connectivity index (χ4n) is 4.58. The summed E-state index contributed by atoms with van der Waals surface area (Å²) < 4.78 is 22.9. The molecule has 0 radical (unpaired) electrons. The highest BCUT2D eigenvalue weighted by atomic mass is 31.2. The standard InChI is InChI=1S/C34H67N2O6P/c1-6-8-10-12-14-15-16-17-18-19-20-22-23-25-27-33(37)32(31-42-43(39,40)41-30-29-36(3,4)5)35-34(38)28-26-24-21-13-11-9-7-2/h19-20,25,27,32-33,37H,6-18,21-24,26,28-31H2,1-5H3,(H-,35,38,39,40)/b20-19+,27-25+/t32-,33+/m1/s1. The van der Waals surface area contributed by atoms with Gasteiger partial charge in [0.05, 0.1) is 39.9 Å². The van der Waals surface area contributed by atoms with E-state index in [9.17, 15) is 19.4 Å². The van der Waals surface area contributed by atoms with E-state index in [4.69, 9.17) is 9.05 Å². The minimum Gasteiger partial charge on any atom is -0.756 e. The molecule has 0 fully saturated rings. The maximum atomic E-state index is 12.6. The molecule has 2 N–H and O–H groups in total. The normalized spacial score (nSPS) is 15.2. The predicted molar refractivity (Wildman–Crippen MR) is 178 cm³/mol. The van der Waals surface area contributed by atoms with Gasteiger partial charge in [-0.05, 0) is 32.1 Å². The number of carbonyl (C=O) groups is 1. The minimum absolute atomic E-state index is 0.00538. The highest BCUT2D eigenvalue weighted by molar-refractivity contribution is 7.45. The van der Waals surface area contributed by atoms with E-state index in [1.807, 2.05) is 27.2 Å². The van der Waals surface area contributed by atoms with Gasteiger partial charge in [-0.15, -0.1) is 0 Å². The van der Waals surface area contributed by atoms with Gasteiger partial charge in [0.25, 0.3) is 7.82 Å². The van der Waals surface area contributed by atoms with Gasteiger partial charge in [0, 0.05) is 6.42 Å². The fourth-order valence-corrected chi connectivity index (χ4v) is 5.30. The van der Waals surface area contributed by atoms with E-state index < -0.39 is 26.6 Å². The average Bonchev–Trinajstić information content (AvgIpc) is 2.94. The van der Waals surface area contributed by atoms with E-state index in [0.717, 1.165) is 38.5 Å². The van der Waals surface area contributed by atoms with Gasteiger partial charge in [-0.1, -0.05) is 122 Å². The molecule has 1 amide bonds. The van der Waals surface area contributed by atoms with E-state index in [0.29, 0.717) is 17.4 Å². The number of allylic oxidation sites excluding steroid dienone is 3. The first-order chi connectivity index (χ1) is 20.5. The van der Waals surface area contributed by atoms with Crippen LogP contribution in [0.15, 0.2) is 24.3 Å². The summed E-state index contributed by atoms with van der Waals surface area (Å²) in [5.41, 5.74) is 0. The number of aliphatic hydroxyl groups is 1. The van der Waals surface area contributed by atoms with Crippen molar-refractivity contribution in [2.24, 2.45) is 0 Å². The second-order valence-corrected chi connectivity index (χ2v) is 14.3. The zero-order valence-corrected chi connectivity index (χ0v) is 29.3. The lowest BCUT2D eigenvalue weighted by Gasteiger charge is -2.29. The van der Waals surface area contributed by atoms with Gasteiger partial charge in [-0.2, -0.15) is 0 Å². The topological polar surface area (TPSA) is 108 Å². The number of amides is 1. The molecule has 0 aliphatic heterocycles. The number of carbonyl (C=O) groups excluding carboxylic acids is 1. The summed E-state index contributed by atoms with van der Waals surface area (Å²) in [4.78, 5) is 24.9. The van der Waals surface area contributed by atoms with Crippen molar-refractivity contribution in [3.8, 4) is 0 Å². The maximum absolute atomic E-state index is 12.6. The van der Waals surface area contributed by atoms with Crippen LogP contribution >= 0.6 is 7.82 Å². The average molecular weight is 631 g/mol. The Kier molecular flexibility index (Phi) is 26.7. The molecule has 0 saturated heterocycles. The minimum atomic E-state index is -4.57. The van der Waals surface area contributed by atoms with Gasteiger partial charge in [0.2, 0.25) is 5.91 Å². The van der Waals surface area contributed by atoms with E-state index in [-0.39, 0.29) is 12.5 Å². The van der Waals surface area contributed by atoms with Gasteiger partial charge < -0.3 is 28.8 Å². The van der Waals surface area contributed by atoms with Crippen molar-refractivity contribution < 1.29 is 32.9 Å². The summed E-state index contributed by atoms with van der Waals surface area (Å²) in [5.74, 6) is -0.217. The lowest BCUT2D eigenvalue weighted by molar-refractivity contribution is -0.870. The molecule has 0 aromatic rings. The highest BCUT2D eigenvalue weighted by Gasteiger charge is 2.23. The monoisotopic (exact) mass is 630 g/mol. The summed E-state index contributed by atoms with van der Waals surface area (Å²) in [6.07, 6.45) is 28.1. The summed E-state index contributed by atoms with van der Waals surface area (Å²) in [5, 5.41) is 13.6. The van der Waals surface area contributed by atoms with Crippen molar-refractivity contribution in [1.29, 1.82) is 0 Å². The lowest BCUT2D eigenvalue weighted by atomic mass is 10.1. The fraction of sp³-hybridized carbons (Fsp3) is 0.853. The first-order valence-corrected chi connectivity index (χ1v) is 18.7. The first kappa shape index (κ1) is 42.0. The number of nitrogens with one attached hydrogen (secondary N) is 1. The third-order valence-corrected chi connectivity index (χ3v) is 8.38. The summed E-state index contributed by atoms with van der Waals surface area (Å²) >= 11 is 0. The Balaban J connectivity index is 4.63. The zero-order chi connectivity index (χ0) is 32.2. The smallest absolute Gasteiger partial charge is 0.268 e. The Morgan fingerprint density at radius 1 is 0.791 bits per heavy atom. The maximum Gasteiger partial charge on any atom is 0.268 e. The highest BCUT2D eigenvalue weighted by Crippen LogP contribution is 2.38. The Morgan fingerprint density at radius 2 is 1.30 bits per heavy atom. The molecule has 0 saturated carbocycles. The predicted octanol–water partition coefficient (Wildman–Crippen LogP) is 7.60. The summed E-state index contributed by atoms with van der Waals surface area (Å²) in [6.45, 7) is 4.53. The third-order valence-electron chi connectivity index (χ3n) is 7.41. The van der Waals surface area contributed by atoms with Crippen molar-refractivity contribution in [2.75, 3.05) is 40.9 Å². The molecule has 1 unspecified atom stereocenters. The van der Waals surface area contributed by atoms with Crippen molar-refractivity contribution in [1.82, 2.24) is 5.32 Å². The number of unbranched alkanes of at least 4 members (excludes halogenated alkanes) is 15. The van der Waals surface area contributed by atoms with E-state index in [1.54, 1.807) is 6.08 Å². The number of nitrogens with zero attached hydrogens (tertiary/aromatic N) is 1. The quantitative estimate of drug-likeness (QED) is 0.0366. The molecule has 0 aliphatic carbocycles. The molecular weight excluding hydrogens is 563 g/mol. The number of aliphatic hydroxyl groups excluding tert-OH is 1. The molecular formula is C34H67N2O6P. The zero-order valence-electron chi connectivity index (χ0n) is 28.4. The molecule has 0 heterocycles. The SMILES string of the molecule is CCCCCCCCCC/C=C/CC/C=C/[C@H](O)[C@@H](COP(=O)([O-])OCC[N+](C)(C)C)NC(=O)CCCCCCCCC. The van der Waals surface area contributed by atoms with Gasteiger partial charge >= 0.3 is 0 Å². The van der Waals surface area contributed by atoms with Crippen molar-refractivity contribution >= 4 is 13.7 Å². The molecule has 254 valence electrons. The van der Waals surface area contributed by atoms with Crippen LogP contribution < -0.4 is 10.2 Å². The van der Waals surface area contributed by atoms with Crippen LogP contribution in [0.4, 0.5) is 0 Å². The molecule has 0 spiro atoms. The van der Waals surface area contributed by atoms with Crippen molar-refractivity contribution in [2.45, 2.75) is 148 Å². The molecule has 43 heavy (non-hydrogen) atoms. The van der Waals surface area contributed by atoms with Crippen molar-refractivity contribution in [3.05, 3.63) is 24.3 Å². The van der Waals surface area contributed by atoms with E-state index in [1.165, 1.54) is 77.0 Å². The molecule has 0 rings (SSSR count). The van der Waals surface area contributed by atoms with Crippen LogP contribution in [0.1, 0.15) is 136 Å². The number of hydrogen-bond acceptors (Lipinski definition) is 6. The number of likely N-dealkylation sites (N-methyl/N-ethyl adjacent to an activating group) is 1. The Labute approximate surface area is 264 Å². The van der Waals surface area contributed by atoms with Crippen LogP contribution in [-0.4, -0.2) is 68.5 Å². The number of quaternary nitrogens is 1. The third kappa shape index (κ3) is 29.5. The molecule has 9 heteroatoms. The second kappa shape index (κ2) is 27.3. The molecule has 8 nitrogen and oxygen atoms in total. The van der Waals surface area contributed by atoms with Gasteiger partial charge in [0.1, 0.15) is 13.2 Å². The number of phosphoric acid groups is 1. The van der Waals surface area contributed by atoms with E-state index >= 15 is 0 Å². The van der Waals surface area contributed by atoms with E-state index in [2.05, 4.69) is 31.3 Å². The summed E-state index contributed by atoms with van der Waals surface area (Å²) in [6, 6.07) is -0.893. The van der Waals surface area contributed by atoms with Gasteiger partial charge in [-0.3, -0.25) is 9.36 Å². The molecule has 0 aromatic heterocycles. The van der Waals surface area contributed by atoms with Crippen LogP contribution in [0.2, 0.25) is 0 Å². The van der Waals surface area contributed by atoms with Crippen LogP contribution in [0, 0.1) is 0 Å². The first-order valence-electron chi connectivity index (χ1n) is 17.2. The van der Waals surface area contributed by atoms with Crippen LogP contribution in [0.5, 0.6) is 0 Å². The Bertz CT molecular complexity index is 768. The van der Waals surface area contributed by atoms with Gasteiger partial charge in [0.15, 0.2) is 0 Å². The van der Waals surface area contributed by atoms with Gasteiger partial charge in [-0.25, -0.2) is 0 Å². The number of phosphoric ester groups is 1. The Morgan fingerprint density at radius 3 is 1.88 bits per heavy atom. The van der Waals surface area contributed by atoms with Crippen LogP contribution in [-0.2, 0) is 18.4 Å². The van der Waals surface area contributed by atoms with Crippen LogP contribution in [0.3, 0.4) is 0 Å². The van der Waals surface area contributed by atoms with Crippen LogP contribution in [0.25, 0.3) is 0 Å². The molecule has 0 aliphatic rings. The molecule has 0 bridgehead atoms. The molecule has 3 atom stereocenters. The van der Waals surface area contributed by atoms with Crippen molar-refractivity contribution in [3.63, 3.8) is 0 Å². The number of hydrogen-bond donors (Lipinski definition) is 2. The largest absolute Gasteiger partial charge is 0.756 e. The molecule has 0 aromatic carbocycles. The lowest BCUT2D eigenvalue weighted by Crippen LogP contribution is -2.45. The second-order valence-electron chi connectivity index (χ2n) is 12.9. The number of rotatable bonds is 30.